The van der Waals surface area contributed by atoms with Crippen molar-refractivity contribution in [2.45, 2.75) is 6.54 Å². The second-order valence-corrected chi connectivity index (χ2v) is 4.47. The van der Waals surface area contributed by atoms with Crippen molar-refractivity contribution in [3.05, 3.63) is 45.0 Å². The van der Waals surface area contributed by atoms with Crippen LogP contribution in [0, 0.1) is 10.1 Å². The second-order valence-electron chi connectivity index (χ2n) is 3.26. The maximum Gasteiger partial charge on any atom is 0.272 e. The van der Waals surface area contributed by atoms with Gasteiger partial charge in [0.1, 0.15) is 5.10 Å². The van der Waals surface area contributed by atoms with Crippen LogP contribution in [0.3, 0.4) is 0 Å². The number of rotatable bonds is 3. The third-order valence-electron chi connectivity index (χ3n) is 1.97. The minimum absolute atomic E-state index is 0.322. The van der Waals surface area contributed by atoms with Gasteiger partial charge in [-0.2, -0.15) is 0 Å². The standard InChI is InChI=1S/C10H12ClN5O2S/c1-19-10(14-9(12)15-16(17)18)13-6-7-4-2-3-5-8(7)11/h2-5H,6H2,1H3,(H3,12,13,14,15). The zero-order valence-corrected chi connectivity index (χ0v) is 11.6. The Bertz CT molecular complexity index is 520. The SMILES string of the molecule is CSC(=NCc1ccccc1Cl)NC(N)=N[N+](=O)[O-]. The molecule has 0 saturated heterocycles. The molecule has 0 bridgehead atoms. The number of hydrogen-bond donors (Lipinski definition) is 2. The van der Waals surface area contributed by atoms with Crippen molar-refractivity contribution in [1.82, 2.24) is 5.32 Å². The molecule has 0 unspecified atom stereocenters. The van der Waals surface area contributed by atoms with Crippen molar-refractivity contribution in [3.8, 4) is 0 Å². The molecule has 0 fully saturated rings. The maximum absolute atomic E-state index is 10.1. The number of benzene rings is 1. The molecule has 0 aromatic heterocycles. The lowest BCUT2D eigenvalue weighted by atomic mass is 10.2. The normalized spacial score (nSPS) is 12.3. The number of hydrazone groups is 1. The first-order valence-electron chi connectivity index (χ1n) is 5.10. The number of hydrogen-bond acceptors (Lipinski definition) is 4. The van der Waals surface area contributed by atoms with E-state index in [-0.39, 0.29) is 5.96 Å². The Hall–Kier alpha value is -1.80. The van der Waals surface area contributed by atoms with Crippen LogP contribution in [0.2, 0.25) is 5.02 Å². The highest BCUT2D eigenvalue weighted by Crippen LogP contribution is 2.16. The van der Waals surface area contributed by atoms with Crippen LogP contribution < -0.4 is 11.1 Å². The summed E-state index contributed by atoms with van der Waals surface area (Å²) in [5, 5.41) is 15.8. The van der Waals surface area contributed by atoms with Gasteiger partial charge >= 0.3 is 0 Å². The molecular formula is C10H12ClN5O2S. The number of nitrogens with one attached hydrogen (secondary N) is 1. The molecule has 0 aliphatic heterocycles. The Balaban J connectivity index is 2.73. The largest absolute Gasteiger partial charge is 0.364 e. The summed E-state index contributed by atoms with van der Waals surface area (Å²) in [6.45, 7) is 0.342. The topological polar surface area (TPSA) is 106 Å². The van der Waals surface area contributed by atoms with Crippen molar-refractivity contribution in [1.29, 1.82) is 0 Å². The van der Waals surface area contributed by atoms with Gasteiger partial charge < -0.3 is 11.1 Å². The van der Waals surface area contributed by atoms with Crippen molar-refractivity contribution in [3.63, 3.8) is 0 Å². The van der Waals surface area contributed by atoms with Crippen LogP contribution in [0.4, 0.5) is 0 Å². The lowest BCUT2D eigenvalue weighted by Gasteiger charge is -2.05. The Labute approximate surface area is 119 Å². The van der Waals surface area contributed by atoms with Gasteiger partial charge in [0.2, 0.25) is 0 Å². The highest BCUT2D eigenvalue weighted by Gasteiger charge is 2.04. The Kier molecular flexibility index (Phi) is 6.10. The van der Waals surface area contributed by atoms with Crippen LogP contribution in [-0.2, 0) is 6.54 Å². The Morgan fingerprint density at radius 2 is 2.26 bits per heavy atom. The van der Waals surface area contributed by atoms with Crippen molar-refractivity contribution in [2.24, 2.45) is 15.8 Å². The van der Waals surface area contributed by atoms with Gasteiger partial charge in [-0.3, -0.25) is 4.99 Å². The van der Waals surface area contributed by atoms with E-state index in [0.717, 1.165) is 5.56 Å². The second kappa shape index (κ2) is 7.59. The van der Waals surface area contributed by atoms with E-state index in [0.29, 0.717) is 16.7 Å². The van der Waals surface area contributed by atoms with E-state index in [4.69, 9.17) is 17.3 Å². The molecule has 0 radical (unpaired) electrons. The molecule has 1 aromatic carbocycles. The monoisotopic (exact) mass is 301 g/mol. The van der Waals surface area contributed by atoms with Gasteiger partial charge in [0, 0.05) is 5.02 Å². The summed E-state index contributed by atoms with van der Waals surface area (Å²) in [6.07, 6.45) is 1.76. The summed E-state index contributed by atoms with van der Waals surface area (Å²) >= 11 is 7.25. The minimum atomic E-state index is -0.881. The third-order valence-corrected chi connectivity index (χ3v) is 2.96. The Morgan fingerprint density at radius 3 is 2.84 bits per heavy atom. The molecule has 0 atom stereocenters. The molecule has 1 aromatic rings. The van der Waals surface area contributed by atoms with E-state index in [1.54, 1.807) is 12.3 Å². The maximum atomic E-state index is 10.1. The van der Waals surface area contributed by atoms with Crippen LogP contribution in [0.15, 0.2) is 34.4 Å². The summed E-state index contributed by atoms with van der Waals surface area (Å²) in [7, 11) is 0. The summed E-state index contributed by atoms with van der Waals surface area (Å²) in [5.41, 5.74) is 6.18. The summed E-state index contributed by atoms with van der Waals surface area (Å²) < 4.78 is 0. The van der Waals surface area contributed by atoms with E-state index in [2.05, 4.69) is 15.4 Å². The zero-order chi connectivity index (χ0) is 14.3. The summed E-state index contributed by atoms with van der Waals surface area (Å²) in [4.78, 5) is 14.4. The summed E-state index contributed by atoms with van der Waals surface area (Å²) in [5.74, 6) is -0.322. The average Bonchev–Trinajstić information content (AvgIpc) is 2.35. The average molecular weight is 302 g/mol. The highest BCUT2D eigenvalue weighted by atomic mass is 35.5. The molecule has 0 heterocycles. The number of amidine groups is 1. The number of aliphatic imine (C=N–C) groups is 1. The highest BCUT2D eigenvalue weighted by molar-refractivity contribution is 8.13. The first-order chi connectivity index (χ1) is 9.02. The van der Waals surface area contributed by atoms with E-state index in [9.17, 15) is 10.1 Å². The van der Waals surface area contributed by atoms with E-state index in [1.165, 1.54) is 11.8 Å². The smallest absolute Gasteiger partial charge is 0.272 e. The third kappa shape index (κ3) is 5.58. The predicted molar refractivity (Wildman–Crippen MR) is 77.9 cm³/mol. The molecule has 9 heteroatoms. The van der Waals surface area contributed by atoms with Crippen molar-refractivity contribution >= 4 is 34.5 Å². The van der Waals surface area contributed by atoms with E-state index in [1.807, 2.05) is 18.2 Å². The fraction of sp³-hybridized carbons (Fsp3) is 0.200. The lowest BCUT2D eigenvalue weighted by molar-refractivity contribution is -0.485. The molecule has 0 spiro atoms. The molecule has 19 heavy (non-hydrogen) atoms. The molecule has 102 valence electrons. The summed E-state index contributed by atoms with van der Waals surface area (Å²) in [6, 6.07) is 7.29. The van der Waals surface area contributed by atoms with Crippen molar-refractivity contribution in [2.75, 3.05) is 6.26 Å². The molecule has 7 nitrogen and oxygen atoms in total. The van der Waals surface area contributed by atoms with Crippen LogP contribution in [-0.4, -0.2) is 22.4 Å². The van der Waals surface area contributed by atoms with Crippen molar-refractivity contribution < 1.29 is 5.03 Å². The molecule has 3 N–H and O–H groups in total. The van der Waals surface area contributed by atoms with E-state index >= 15 is 0 Å². The lowest BCUT2D eigenvalue weighted by Crippen LogP contribution is -2.36. The number of nitrogens with two attached hydrogens (primary N) is 1. The first-order valence-corrected chi connectivity index (χ1v) is 6.70. The van der Waals surface area contributed by atoms with Crippen LogP contribution in [0.1, 0.15) is 5.56 Å². The van der Waals surface area contributed by atoms with Crippen LogP contribution in [0.25, 0.3) is 0 Å². The quantitative estimate of drug-likeness (QED) is 0.382. The number of thioether (sulfide) groups is 1. The van der Waals surface area contributed by atoms with Gasteiger partial charge in [-0.05, 0) is 17.9 Å². The minimum Gasteiger partial charge on any atom is -0.364 e. The van der Waals surface area contributed by atoms with Gasteiger partial charge in [-0.1, -0.05) is 41.6 Å². The number of guanidine groups is 1. The van der Waals surface area contributed by atoms with Gasteiger partial charge in [-0.15, -0.1) is 0 Å². The van der Waals surface area contributed by atoms with Crippen LogP contribution >= 0.6 is 23.4 Å². The van der Waals surface area contributed by atoms with E-state index < -0.39 is 5.03 Å². The van der Waals surface area contributed by atoms with Gasteiger partial charge in [0.15, 0.2) is 10.2 Å². The first kappa shape index (κ1) is 15.3. The van der Waals surface area contributed by atoms with Gasteiger partial charge in [-0.25, -0.2) is 10.1 Å². The molecule has 0 aliphatic carbocycles. The van der Waals surface area contributed by atoms with Crippen LogP contribution in [0.5, 0.6) is 0 Å². The zero-order valence-electron chi connectivity index (χ0n) is 10.0. The fourth-order valence-corrected chi connectivity index (χ4v) is 1.76. The molecular weight excluding hydrogens is 290 g/mol. The fourth-order valence-electron chi connectivity index (χ4n) is 1.16. The Morgan fingerprint density at radius 1 is 1.58 bits per heavy atom. The molecule has 0 saturated carbocycles. The molecule has 0 aliphatic rings. The number of nitro groups is 1. The number of nitrogens with zero attached hydrogens (tertiary/aromatic N) is 3. The molecule has 1 rings (SSSR count). The van der Waals surface area contributed by atoms with Gasteiger partial charge in [0.25, 0.3) is 5.96 Å². The predicted octanol–water partition coefficient (Wildman–Crippen LogP) is 1.65. The number of halogens is 1. The molecule has 0 amide bonds. The van der Waals surface area contributed by atoms with Gasteiger partial charge in [0.05, 0.1) is 6.54 Å².